The van der Waals surface area contributed by atoms with Crippen molar-refractivity contribution in [1.29, 1.82) is 0 Å². The third-order valence-corrected chi connectivity index (χ3v) is 4.85. The molecule has 0 bridgehead atoms. The van der Waals surface area contributed by atoms with Crippen molar-refractivity contribution in [1.82, 2.24) is 4.98 Å². The molecular weight excluding hydrogens is 320 g/mol. The van der Waals surface area contributed by atoms with Crippen LogP contribution >= 0.6 is 11.3 Å². The normalized spacial score (nSPS) is 11.7. The van der Waals surface area contributed by atoms with E-state index in [2.05, 4.69) is 23.2 Å². The van der Waals surface area contributed by atoms with E-state index < -0.39 is 0 Å². The maximum absolute atomic E-state index is 11.3. The highest BCUT2D eigenvalue weighted by Gasteiger charge is 2.16. The van der Waals surface area contributed by atoms with Crippen LogP contribution in [0.25, 0.3) is 22.4 Å². The van der Waals surface area contributed by atoms with Crippen molar-refractivity contribution in [3.8, 4) is 0 Å². The van der Waals surface area contributed by atoms with Crippen LogP contribution in [0.4, 0.5) is 5.69 Å². The lowest BCUT2D eigenvalue weighted by atomic mass is 9.99. The molecule has 0 atom stereocenters. The van der Waals surface area contributed by atoms with Crippen LogP contribution in [0.1, 0.15) is 41.5 Å². The van der Waals surface area contributed by atoms with Crippen molar-refractivity contribution in [2.24, 2.45) is 0 Å². The van der Waals surface area contributed by atoms with Crippen molar-refractivity contribution in [3.63, 3.8) is 0 Å². The van der Waals surface area contributed by atoms with Gasteiger partial charge in [0.15, 0.2) is 0 Å². The molecule has 2 aromatic carbocycles. The molecule has 0 radical (unpaired) electrons. The number of nitrogens with zero attached hydrogens (tertiary/aromatic N) is 2. The lowest BCUT2D eigenvalue weighted by Gasteiger charge is -2.06. The summed E-state index contributed by atoms with van der Waals surface area (Å²) >= 11 is 1.61. The molecule has 0 saturated heterocycles. The first-order chi connectivity index (χ1) is 11.4. The Bertz CT molecular complexity index is 942. The van der Waals surface area contributed by atoms with Gasteiger partial charge in [0.25, 0.3) is 5.69 Å². The fourth-order valence-corrected chi connectivity index (χ4v) is 3.46. The Morgan fingerprint density at radius 2 is 1.96 bits per heavy atom. The number of aryl methyl sites for hydroxylation is 1. The van der Waals surface area contributed by atoms with Crippen LogP contribution < -0.4 is 0 Å². The molecule has 0 unspecified atom stereocenters. The first-order valence-corrected chi connectivity index (χ1v) is 8.59. The monoisotopic (exact) mass is 338 g/mol. The standard InChI is InChI=1S/C19H18N2O2S/c1-12(2)15-7-5-14(11-17(15)21(22)23)6-9-19-20-16-10-13(3)4-8-18(16)24-19/h4-12H,1-3H3/b9-6+. The van der Waals surface area contributed by atoms with E-state index in [-0.39, 0.29) is 16.5 Å². The minimum absolute atomic E-state index is 0.121. The fourth-order valence-electron chi connectivity index (χ4n) is 2.60. The maximum Gasteiger partial charge on any atom is 0.273 e. The Morgan fingerprint density at radius 3 is 2.67 bits per heavy atom. The Hall–Kier alpha value is -2.53. The zero-order valence-corrected chi connectivity index (χ0v) is 14.6. The summed E-state index contributed by atoms with van der Waals surface area (Å²) in [4.78, 5) is 15.6. The topological polar surface area (TPSA) is 56.0 Å². The number of thiazole rings is 1. The molecule has 0 spiro atoms. The predicted molar refractivity (Wildman–Crippen MR) is 100 cm³/mol. The van der Waals surface area contributed by atoms with E-state index in [0.717, 1.165) is 26.4 Å². The van der Waals surface area contributed by atoms with Gasteiger partial charge in [0.05, 0.1) is 15.1 Å². The van der Waals surface area contributed by atoms with E-state index in [1.165, 1.54) is 5.56 Å². The second kappa shape index (κ2) is 6.53. The van der Waals surface area contributed by atoms with Gasteiger partial charge in [-0.2, -0.15) is 0 Å². The van der Waals surface area contributed by atoms with E-state index in [0.29, 0.717) is 0 Å². The van der Waals surface area contributed by atoms with Crippen molar-refractivity contribution in [2.45, 2.75) is 26.7 Å². The van der Waals surface area contributed by atoms with E-state index >= 15 is 0 Å². The van der Waals surface area contributed by atoms with Gasteiger partial charge in [-0.05, 0) is 42.2 Å². The highest BCUT2D eigenvalue weighted by Crippen LogP contribution is 2.29. The van der Waals surface area contributed by atoms with Gasteiger partial charge in [0.2, 0.25) is 0 Å². The van der Waals surface area contributed by atoms with Crippen molar-refractivity contribution in [3.05, 3.63) is 68.2 Å². The minimum Gasteiger partial charge on any atom is -0.258 e. The highest BCUT2D eigenvalue weighted by atomic mass is 32.1. The van der Waals surface area contributed by atoms with Gasteiger partial charge < -0.3 is 0 Å². The van der Waals surface area contributed by atoms with Gasteiger partial charge in [-0.1, -0.05) is 38.1 Å². The zero-order chi connectivity index (χ0) is 17.3. The van der Waals surface area contributed by atoms with Gasteiger partial charge >= 0.3 is 0 Å². The van der Waals surface area contributed by atoms with E-state index in [4.69, 9.17) is 0 Å². The lowest BCUT2D eigenvalue weighted by Crippen LogP contribution is -1.97. The van der Waals surface area contributed by atoms with Crippen LogP contribution in [-0.4, -0.2) is 9.91 Å². The Kier molecular flexibility index (Phi) is 4.44. The molecule has 3 rings (SSSR count). The summed E-state index contributed by atoms with van der Waals surface area (Å²) in [6.45, 7) is 5.96. The van der Waals surface area contributed by atoms with Crippen LogP contribution in [0.3, 0.4) is 0 Å². The quantitative estimate of drug-likeness (QED) is 0.446. The van der Waals surface area contributed by atoms with Crippen LogP contribution in [-0.2, 0) is 0 Å². The summed E-state index contributed by atoms with van der Waals surface area (Å²) in [6, 6.07) is 11.6. The fraction of sp³-hybridized carbons (Fsp3) is 0.211. The van der Waals surface area contributed by atoms with Crippen LogP contribution in [0.5, 0.6) is 0 Å². The number of fused-ring (bicyclic) bond motifs is 1. The molecule has 0 fully saturated rings. The Labute approximate surface area is 144 Å². The first kappa shape index (κ1) is 16.3. The number of nitro groups is 1. The second-order valence-electron chi connectivity index (χ2n) is 6.09. The van der Waals surface area contributed by atoms with E-state index in [1.807, 2.05) is 45.1 Å². The van der Waals surface area contributed by atoms with Gasteiger partial charge in [-0.3, -0.25) is 10.1 Å². The molecule has 0 aliphatic heterocycles. The average Bonchev–Trinajstić information content (AvgIpc) is 2.94. The van der Waals surface area contributed by atoms with Gasteiger partial charge in [-0.25, -0.2) is 4.98 Å². The van der Waals surface area contributed by atoms with Crippen LogP contribution in [0, 0.1) is 17.0 Å². The zero-order valence-electron chi connectivity index (χ0n) is 13.8. The van der Waals surface area contributed by atoms with Crippen molar-refractivity contribution in [2.75, 3.05) is 0 Å². The summed E-state index contributed by atoms with van der Waals surface area (Å²) in [6.07, 6.45) is 3.79. The minimum atomic E-state index is -0.312. The Balaban J connectivity index is 1.92. The van der Waals surface area contributed by atoms with Gasteiger partial charge in [0.1, 0.15) is 5.01 Å². The van der Waals surface area contributed by atoms with Crippen molar-refractivity contribution < 1.29 is 4.92 Å². The first-order valence-electron chi connectivity index (χ1n) is 7.77. The third-order valence-electron chi connectivity index (χ3n) is 3.85. The van der Waals surface area contributed by atoms with E-state index in [9.17, 15) is 10.1 Å². The molecule has 4 nitrogen and oxygen atoms in total. The number of hydrogen-bond acceptors (Lipinski definition) is 4. The molecule has 122 valence electrons. The van der Waals surface area contributed by atoms with Crippen LogP contribution in [0.15, 0.2) is 36.4 Å². The summed E-state index contributed by atoms with van der Waals surface area (Å²) in [5.74, 6) is 0.121. The molecule has 0 aliphatic rings. The molecule has 5 heteroatoms. The van der Waals surface area contributed by atoms with Gasteiger partial charge in [-0.15, -0.1) is 11.3 Å². The number of rotatable bonds is 4. The maximum atomic E-state index is 11.3. The van der Waals surface area contributed by atoms with Crippen molar-refractivity contribution >= 4 is 39.4 Å². The number of nitro benzene ring substituents is 1. The molecule has 3 aromatic rings. The SMILES string of the molecule is Cc1ccc2sc(/C=C/c3ccc(C(C)C)c([N+](=O)[O-])c3)nc2c1. The molecule has 0 aliphatic carbocycles. The smallest absolute Gasteiger partial charge is 0.258 e. The predicted octanol–water partition coefficient (Wildman–Crippen LogP) is 5.81. The summed E-state index contributed by atoms with van der Waals surface area (Å²) < 4.78 is 1.14. The average molecular weight is 338 g/mol. The number of benzene rings is 2. The molecule has 24 heavy (non-hydrogen) atoms. The largest absolute Gasteiger partial charge is 0.273 e. The van der Waals surface area contributed by atoms with Crippen LogP contribution in [0.2, 0.25) is 0 Å². The summed E-state index contributed by atoms with van der Waals surface area (Å²) in [7, 11) is 0. The third kappa shape index (κ3) is 3.36. The lowest BCUT2D eigenvalue weighted by molar-refractivity contribution is -0.385. The Morgan fingerprint density at radius 1 is 1.17 bits per heavy atom. The molecule has 0 amide bonds. The molecule has 0 saturated carbocycles. The van der Waals surface area contributed by atoms with E-state index in [1.54, 1.807) is 17.4 Å². The summed E-state index contributed by atoms with van der Waals surface area (Å²) in [5.41, 5.74) is 3.91. The van der Waals surface area contributed by atoms with Gasteiger partial charge in [0, 0.05) is 11.6 Å². The molecule has 1 aromatic heterocycles. The number of aromatic nitrogens is 1. The number of hydrogen-bond donors (Lipinski definition) is 0. The molecule has 1 heterocycles. The second-order valence-corrected chi connectivity index (χ2v) is 7.15. The molecular formula is C19H18N2O2S. The summed E-state index contributed by atoms with van der Waals surface area (Å²) in [5, 5.41) is 12.2. The highest BCUT2D eigenvalue weighted by molar-refractivity contribution is 7.19. The molecule has 0 N–H and O–H groups in total.